The van der Waals surface area contributed by atoms with Gasteiger partial charge in [-0.1, -0.05) is 60.7 Å². The quantitative estimate of drug-likeness (QED) is 0.420. The lowest BCUT2D eigenvalue weighted by atomic mass is 10.0. The molecule has 1 heterocycles. The van der Waals surface area contributed by atoms with Crippen molar-refractivity contribution in [1.29, 1.82) is 0 Å². The maximum Gasteiger partial charge on any atom is 0.253 e. The maximum absolute atomic E-state index is 13.0. The first-order valence-corrected chi connectivity index (χ1v) is 10.7. The van der Waals surface area contributed by atoms with Crippen LogP contribution in [0.4, 0.5) is 0 Å². The van der Waals surface area contributed by atoms with Crippen molar-refractivity contribution in [3.05, 3.63) is 101 Å². The van der Waals surface area contributed by atoms with Crippen LogP contribution in [-0.2, 0) is 6.42 Å². The SMILES string of the molecule is CN(CCCc1cc(-c2ccccc2)n[nH]1)C(=O)c1ccc2c(c1)C(=O)c1ccccc1-2. The third-order valence-corrected chi connectivity index (χ3v) is 5.96. The monoisotopic (exact) mass is 421 g/mol. The minimum atomic E-state index is -0.0776. The van der Waals surface area contributed by atoms with Crippen molar-refractivity contribution in [2.24, 2.45) is 0 Å². The molecule has 0 fully saturated rings. The number of carbonyl (C=O) groups is 2. The summed E-state index contributed by atoms with van der Waals surface area (Å²) in [6.07, 6.45) is 1.61. The van der Waals surface area contributed by atoms with E-state index in [1.54, 1.807) is 18.0 Å². The van der Waals surface area contributed by atoms with Gasteiger partial charge in [-0.25, -0.2) is 0 Å². The molecule has 158 valence electrons. The average molecular weight is 422 g/mol. The number of aryl methyl sites for hydroxylation is 1. The van der Waals surface area contributed by atoms with Crippen LogP contribution in [0.5, 0.6) is 0 Å². The van der Waals surface area contributed by atoms with Gasteiger partial charge in [-0.05, 0) is 42.2 Å². The largest absolute Gasteiger partial charge is 0.342 e. The van der Waals surface area contributed by atoms with Crippen LogP contribution in [0.3, 0.4) is 0 Å². The number of nitrogens with one attached hydrogen (secondary N) is 1. The summed E-state index contributed by atoms with van der Waals surface area (Å²) in [4.78, 5) is 27.4. The van der Waals surface area contributed by atoms with Crippen LogP contribution in [0.1, 0.15) is 38.4 Å². The van der Waals surface area contributed by atoms with E-state index >= 15 is 0 Å². The Morgan fingerprint density at radius 2 is 1.59 bits per heavy atom. The van der Waals surface area contributed by atoms with Crippen molar-refractivity contribution in [2.75, 3.05) is 13.6 Å². The van der Waals surface area contributed by atoms with Crippen LogP contribution in [0.25, 0.3) is 22.4 Å². The number of amides is 1. The van der Waals surface area contributed by atoms with E-state index in [0.717, 1.165) is 40.9 Å². The van der Waals surface area contributed by atoms with Crippen molar-refractivity contribution in [3.63, 3.8) is 0 Å². The van der Waals surface area contributed by atoms with Crippen LogP contribution in [0.2, 0.25) is 0 Å². The number of hydrogen-bond acceptors (Lipinski definition) is 3. The van der Waals surface area contributed by atoms with Gasteiger partial charge >= 0.3 is 0 Å². The highest BCUT2D eigenvalue weighted by Gasteiger charge is 2.27. The molecule has 0 saturated heterocycles. The molecule has 0 aliphatic heterocycles. The molecule has 0 unspecified atom stereocenters. The van der Waals surface area contributed by atoms with E-state index in [1.165, 1.54) is 0 Å². The first kappa shape index (κ1) is 19.9. The lowest BCUT2D eigenvalue weighted by Crippen LogP contribution is -2.28. The number of aromatic amines is 1. The summed E-state index contributed by atoms with van der Waals surface area (Å²) in [5, 5.41) is 7.48. The van der Waals surface area contributed by atoms with Gasteiger partial charge in [0, 0.05) is 41.5 Å². The van der Waals surface area contributed by atoms with Gasteiger partial charge in [0.05, 0.1) is 5.69 Å². The average Bonchev–Trinajstić information content (AvgIpc) is 3.42. The zero-order valence-electron chi connectivity index (χ0n) is 17.8. The van der Waals surface area contributed by atoms with E-state index < -0.39 is 0 Å². The van der Waals surface area contributed by atoms with Crippen LogP contribution in [0, 0.1) is 0 Å². The Balaban J connectivity index is 1.22. The number of fused-ring (bicyclic) bond motifs is 3. The third kappa shape index (κ3) is 3.62. The number of aromatic nitrogens is 2. The molecule has 0 radical (unpaired) electrons. The molecule has 1 amide bonds. The molecule has 5 heteroatoms. The summed E-state index contributed by atoms with van der Waals surface area (Å²) in [7, 11) is 1.80. The van der Waals surface area contributed by atoms with Crippen molar-refractivity contribution in [3.8, 4) is 22.4 Å². The molecule has 32 heavy (non-hydrogen) atoms. The van der Waals surface area contributed by atoms with E-state index in [-0.39, 0.29) is 11.7 Å². The number of H-pyrrole nitrogens is 1. The topological polar surface area (TPSA) is 66.1 Å². The highest BCUT2D eigenvalue weighted by molar-refractivity contribution is 6.22. The molecule has 1 aliphatic carbocycles. The van der Waals surface area contributed by atoms with E-state index in [1.807, 2.05) is 66.7 Å². The highest BCUT2D eigenvalue weighted by atomic mass is 16.2. The molecule has 0 spiro atoms. The van der Waals surface area contributed by atoms with Crippen LogP contribution in [0.15, 0.2) is 78.9 Å². The first-order chi connectivity index (χ1) is 15.6. The summed E-state index contributed by atoms with van der Waals surface area (Å²) in [5.74, 6) is -0.0903. The zero-order chi connectivity index (χ0) is 22.1. The Labute approximate surface area is 186 Å². The molecular weight excluding hydrogens is 398 g/mol. The molecule has 5 nitrogen and oxygen atoms in total. The van der Waals surface area contributed by atoms with Crippen molar-refractivity contribution in [1.82, 2.24) is 15.1 Å². The van der Waals surface area contributed by atoms with E-state index in [2.05, 4.69) is 16.3 Å². The molecule has 1 aromatic heterocycles. The van der Waals surface area contributed by atoms with Gasteiger partial charge in [0.1, 0.15) is 0 Å². The number of carbonyl (C=O) groups excluding carboxylic acids is 2. The molecule has 0 atom stereocenters. The molecule has 1 N–H and O–H groups in total. The zero-order valence-corrected chi connectivity index (χ0v) is 17.8. The van der Waals surface area contributed by atoms with Gasteiger partial charge in [0.25, 0.3) is 5.91 Å². The fourth-order valence-corrected chi connectivity index (χ4v) is 4.24. The minimum Gasteiger partial charge on any atom is -0.342 e. The number of nitrogens with zero attached hydrogens (tertiary/aromatic N) is 2. The van der Waals surface area contributed by atoms with Crippen molar-refractivity contribution >= 4 is 11.7 Å². The van der Waals surface area contributed by atoms with Crippen molar-refractivity contribution < 1.29 is 9.59 Å². The van der Waals surface area contributed by atoms with Crippen molar-refractivity contribution in [2.45, 2.75) is 12.8 Å². The summed E-state index contributed by atoms with van der Waals surface area (Å²) >= 11 is 0. The predicted molar refractivity (Wildman–Crippen MR) is 125 cm³/mol. The molecule has 3 aromatic carbocycles. The van der Waals surface area contributed by atoms with E-state index in [4.69, 9.17) is 0 Å². The second-order valence-corrected chi connectivity index (χ2v) is 8.11. The van der Waals surface area contributed by atoms with Crippen LogP contribution < -0.4 is 0 Å². The Kier molecular flexibility index (Phi) is 5.15. The number of ketones is 1. The molecule has 0 bridgehead atoms. The van der Waals surface area contributed by atoms with E-state index in [0.29, 0.717) is 23.2 Å². The second kappa shape index (κ2) is 8.27. The Morgan fingerprint density at radius 1 is 0.875 bits per heavy atom. The summed E-state index contributed by atoms with van der Waals surface area (Å²) in [5.41, 5.74) is 6.74. The van der Waals surface area contributed by atoms with Gasteiger partial charge in [-0.15, -0.1) is 0 Å². The summed E-state index contributed by atoms with van der Waals surface area (Å²) < 4.78 is 0. The molecule has 5 rings (SSSR count). The maximum atomic E-state index is 13.0. The van der Waals surface area contributed by atoms with Gasteiger partial charge < -0.3 is 4.90 Å². The van der Waals surface area contributed by atoms with Crippen LogP contribution in [-0.4, -0.2) is 40.4 Å². The van der Waals surface area contributed by atoms with Crippen LogP contribution >= 0.6 is 0 Å². The highest BCUT2D eigenvalue weighted by Crippen LogP contribution is 2.36. The Morgan fingerprint density at radius 3 is 2.41 bits per heavy atom. The van der Waals surface area contributed by atoms with E-state index in [9.17, 15) is 9.59 Å². The molecule has 4 aromatic rings. The predicted octanol–water partition coefficient (Wildman–Crippen LogP) is 4.99. The first-order valence-electron chi connectivity index (χ1n) is 10.7. The minimum absolute atomic E-state index is 0.0126. The molecular formula is C27H23N3O2. The number of rotatable bonds is 6. The standard InChI is InChI=1S/C27H23N3O2/c1-30(15-7-10-20-17-25(29-28-20)18-8-3-2-4-9-18)27(32)19-13-14-22-21-11-5-6-12-23(21)26(31)24(22)16-19/h2-6,8-9,11-14,16-17H,7,10,15H2,1H3,(H,28,29). The fourth-order valence-electron chi connectivity index (χ4n) is 4.24. The summed E-state index contributed by atoms with van der Waals surface area (Å²) in [6.45, 7) is 0.615. The third-order valence-electron chi connectivity index (χ3n) is 5.96. The molecule has 0 saturated carbocycles. The molecule has 1 aliphatic rings. The Hall–Kier alpha value is -3.99. The number of benzene rings is 3. The normalized spacial score (nSPS) is 11.8. The lowest BCUT2D eigenvalue weighted by Gasteiger charge is -2.17. The van der Waals surface area contributed by atoms with Gasteiger partial charge in [-0.3, -0.25) is 14.7 Å². The lowest BCUT2D eigenvalue weighted by molar-refractivity contribution is 0.0793. The Bertz CT molecular complexity index is 1310. The van der Waals surface area contributed by atoms with Gasteiger partial charge in [-0.2, -0.15) is 5.10 Å². The van der Waals surface area contributed by atoms with Gasteiger partial charge in [0.2, 0.25) is 0 Å². The smallest absolute Gasteiger partial charge is 0.253 e. The fraction of sp³-hybridized carbons (Fsp3) is 0.148. The van der Waals surface area contributed by atoms with Gasteiger partial charge in [0.15, 0.2) is 5.78 Å². The number of hydrogen-bond donors (Lipinski definition) is 1. The summed E-state index contributed by atoms with van der Waals surface area (Å²) in [6, 6.07) is 25.1. The second-order valence-electron chi connectivity index (χ2n) is 8.11.